The van der Waals surface area contributed by atoms with Crippen molar-refractivity contribution in [3.8, 4) is 5.75 Å². The van der Waals surface area contributed by atoms with Gasteiger partial charge in [0.25, 0.3) is 0 Å². The molecule has 62 valence electrons. The molecule has 2 rings (SSSR count). The molecule has 0 unspecified atom stereocenters. The van der Waals surface area contributed by atoms with Gasteiger partial charge in [-0.25, -0.2) is 0 Å². The smallest absolute Gasteiger partial charge is 0.190 e. The molecule has 3 heteroatoms. The average Bonchev–Trinajstić information content (AvgIpc) is 2.50. The summed E-state index contributed by atoms with van der Waals surface area (Å²) in [6.45, 7) is 0. The molecule has 0 saturated heterocycles. The van der Waals surface area contributed by atoms with E-state index < -0.39 is 0 Å². The van der Waals surface area contributed by atoms with E-state index in [1.165, 1.54) is 7.11 Å². The Morgan fingerprint density at radius 3 is 2.92 bits per heavy atom. The van der Waals surface area contributed by atoms with Gasteiger partial charge in [0.15, 0.2) is 5.75 Å². The van der Waals surface area contributed by atoms with E-state index in [0.29, 0.717) is 5.75 Å². The summed E-state index contributed by atoms with van der Waals surface area (Å²) in [6.07, 6.45) is 1.77. The second kappa shape index (κ2) is 2.87. The van der Waals surface area contributed by atoms with Crippen LogP contribution in [0.1, 0.15) is 0 Å². The van der Waals surface area contributed by atoms with E-state index >= 15 is 0 Å². The molecular formula is C9H9NO2. The number of hydrogen-bond acceptors (Lipinski definition) is 2. The Kier molecular flexibility index (Phi) is 1.72. The Hall–Kier alpha value is -1.48. The van der Waals surface area contributed by atoms with Crippen LogP contribution >= 0.6 is 0 Å². The highest BCUT2D eigenvalue weighted by Gasteiger charge is 2.02. The van der Waals surface area contributed by atoms with Gasteiger partial charge in [-0.15, -0.1) is 0 Å². The van der Waals surface area contributed by atoms with Crippen molar-refractivity contribution in [1.29, 1.82) is 0 Å². The standard InChI is InChI=1S/C9H9NO2/c1-11-12-9-6-10-8-5-3-2-4-7(8)9/h2-6,10H,1H3. The predicted octanol–water partition coefficient (Wildman–Crippen LogP) is 2.11. The minimum atomic E-state index is 0.716. The first-order valence-corrected chi connectivity index (χ1v) is 3.68. The van der Waals surface area contributed by atoms with Crippen LogP contribution in [0.15, 0.2) is 30.5 Å². The van der Waals surface area contributed by atoms with Crippen LogP contribution in [0, 0.1) is 0 Å². The first kappa shape index (κ1) is 7.18. The van der Waals surface area contributed by atoms with E-state index in [0.717, 1.165) is 10.9 Å². The lowest BCUT2D eigenvalue weighted by molar-refractivity contribution is -0.176. The molecule has 2 aromatic rings. The summed E-state index contributed by atoms with van der Waals surface area (Å²) < 4.78 is 0. The lowest BCUT2D eigenvalue weighted by atomic mass is 10.2. The third-order valence-corrected chi connectivity index (χ3v) is 1.72. The molecule has 0 aliphatic rings. The van der Waals surface area contributed by atoms with Gasteiger partial charge in [0.2, 0.25) is 0 Å². The second-order valence-corrected chi connectivity index (χ2v) is 2.45. The number of fused-ring (bicyclic) bond motifs is 1. The highest BCUT2D eigenvalue weighted by molar-refractivity contribution is 5.85. The van der Waals surface area contributed by atoms with Crippen molar-refractivity contribution in [3.05, 3.63) is 30.5 Å². The molecule has 0 aliphatic heterocycles. The minimum absolute atomic E-state index is 0.716. The van der Waals surface area contributed by atoms with Gasteiger partial charge in [-0.1, -0.05) is 12.1 Å². The summed E-state index contributed by atoms with van der Waals surface area (Å²) >= 11 is 0. The van der Waals surface area contributed by atoms with Crippen LogP contribution in [0.2, 0.25) is 0 Å². The molecule has 0 aliphatic carbocycles. The highest BCUT2D eigenvalue weighted by atomic mass is 17.2. The maximum Gasteiger partial charge on any atom is 0.190 e. The Labute approximate surface area is 69.8 Å². The van der Waals surface area contributed by atoms with E-state index in [2.05, 4.69) is 9.87 Å². The molecule has 3 nitrogen and oxygen atoms in total. The minimum Gasteiger partial charge on any atom is -0.358 e. The summed E-state index contributed by atoms with van der Waals surface area (Å²) in [5.41, 5.74) is 1.05. The van der Waals surface area contributed by atoms with Crippen LogP contribution in [0.3, 0.4) is 0 Å². The van der Waals surface area contributed by atoms with E-state index in [1.807, 2.05) is 24.3 Å². The van der Waals surface area contributed by atoms with Crippen LogP contribution in [0.5, 0.6) is 5.75 Å². The second-order valence-electron chi connectivity index (χ2n) is 2.45. The zero-order valence-corrected chi connectivity index (χ0v) is 6.70. The Morgan fingerprint density at radius 1 is 1.25 bits per heavy atom. The summed E-state index contributed by atoms with van der Waals surface area (Å²) in [5.74, 6) is 0.716. The predicted molar refractivity (Wildman–Crippen MR) is 45.9 cm³/mol. The van der Waals surface area contributed by atoms with Crippen molar-refractivity contribution in [3.63, 3.8) is 0 Å². The Balaban J connectivity index is 2.55. The van der Waals surface area contributed by atoms with Crippen molar-refractivity contribution < 1.29 is 9.78 Å². The first-order valence-electron chi connectivity index (χ1n) is 3.68. The fourth-order valence-electron chi connectivity index (χ4n) is 1.20. The summed E-state index contributed by atoms with van der Waals surface area (Å²) in [6, 6.07) is 7.88. The lowest BCUT2D eigenvalue weighted by Crippen LogP contribution is -1.88. The summed E-state index contributed by atoms with van der Waals surface area (Å²) in [5, 5.41) is 1.03. The average molecular weight is 163 g/mol. The molecule has 1 heterocycles. The van der Waals surface area contributed by atoms with Gasteiger partial charge in [0.05, 0.1) is 7.11 Å². The molecule has 0 spiro atoms. The number of rotatable bonds is 2. The number of nitrogens with one attached hydrogen (secondary N) is 1. The lowest BCUT2D eigenvalue weighted by Gasteiger charge is -1.96. The quantitative estimate of drug-likeness (QED) is 0.543. The van der Waals surface area contributed by atoms with Gasteiger partial charge in [0.1, 0.15) is 0 Å². The van der Waals surface area contributed by atoms with Crippen LogP contribution in [0.4, 0.5) is 0 Å². The fraction of sp³-hybridized carbons (Fsp3) is 0.111. The van der Waals surface area contributed by atoms with Gasteiger partial charge >= 0.3 is 0 Å². The number of aromatic nitrogens is 1. The molecule has 0 fully saturated rings. The molecule has 0 amide bonds. The van der Waals surface area contributed by atoms with E-state index in [4.69, 9.17) is 4.89 Å². The SMILES string of the molecule is COOc1c[nH]c2ccccc12. The van der Waals surface area contributed by atoms with Crippen molar-refractivity contribution in [2.75, 3.05) is 7.11 Å². The molecule has 0 bridgehead atoms. The van der Waals surface area contributed by atoms with Gasteiger partial charge < -0.3 is 9.87 Å². The van der Waals surface area contributed by atoms with E-state index in [1.54, 1.807) is 6.20 Å². The zero-order chi connectivity index (χ0) is 8.39. The molecular weight excluding hydrogens is 154 g/mol. The maximum atomic E-state index is 4.93. The van der Waals surface area contributed by atoms with Crippen molar-refractivity contribution in [1.82, 2.24) is 4.98 Å². The maximum absolute atomic E-state index is 4.93. The molecule has 0 radical (unpaired) electrons. The fourth-order valence-corrected chi connectivity index (χ4v) is 1.20. The van der Waals surface area contributed by atoms with E-state index in [9.17, 15) is 0 Å². The van der Waals surface area contributed by atoms with E-state index in [-0.39, 0.29) is 0 Å². The van der Waals surface area contributed by atoms with Crippen molar-refractivity contribution in [2.24, 2.45) is 0 Å². The molecule has 1 aromatic carbocycles. The number of hydrogen-bond donors (Lipinski definition) is 1. The largest absolute Gasteiger partial charge is 0.358 e. The summed E-state index contributed by atoms with van der Waals surface area (Å²) in [4.78, 5) is 12.6. The van der Waals surface area contributed by atoms with Crippen LogP contribution in [0.25, 0.3) is 10.9 Å². The van der Waals surface area contributed by atoms with Crippen molar-refractivity contribution in [2.45, 2.75) is 0 Å². The Bertz CT molecular complexity index is 381. The molecule has 0 saturated carbocycles. The third kappa shape index (κ3) is 1.04. The molecule has 0 atom stereocenters. The van der Waals surface area contributed by atoms with Crippen molar-refractivity contribution >= 4 is 10.9 Å². The number of para-hydroxylation sites is 1. The molecule has 12 heavy (non-hydrogen) atoms. The topological polar surface area (TPSA) is 34.2 Å². The third-order valence-electron chi connectivity index (χ3n) is 1.72. The van der Waals surface area contributed by atoms with Crippen LogP contribution < -0.4 is 4.89 Å². The van der Waals surface area contributed by atoms with Gasteiger partial charge in [-0.3, -0.25) is 0 Å². The molecule has 1 aromatic heterocycles. The zero-order valence-electron chi connectivity index (χ0n) is 6.70. The number of H-pyrrole nitrogens is 1. The number of benzene rings is 1. The van der Waals surface area contributed by atoms with Crippen LogP contribution in [-0.2, 0) is 4.89 Å². The van der Waals surface area contributed by atoms with Gasteiger partial charge in [0, 0.05) is 17.1 Å². The summed E-state index contributed by atoms with van der Waals surface area (Å²) in [7, 11) is 1.49. The van der Waals surface area contributed by atoms with Crippen LogP contribution in [-0.4, -0.2) is 12.1 Å². The monoisotopic (exact) mass is 163 g/mol. The van der Waals surface area contributed by atoms with Gasteiger partial charge in [-0.05, 0) is 12.1 Å². The number of aromatic amines is 1. The Morgan fingerprint density at radius 2 is 2.08 bits per heavy atom. The van der Waals surface area contributed by atoms with Gasteiger partial charge in [-0.2, -0.15) is 4.89 Å². The highest BCUT2D eigenvalue weighted by Crippen LogP contribution is 2.24. The normalized spacial score (nSPS) is 10.4. The molecule has 1 N–H and O–H groups in total. The first-order chi connectivity index (χ1) is 5.92.